The molecule has 1 aliphatic rings. The molecule has 0 unspecified atom stereocenters. The zero-order chi connectivity index (χ0) is 13.6. The molecular formula is C16H33NO. The van der Waals surface area contributed by atoms with Crippen molar-refractivity contribution in [3.63, 3.8) is 0 Å². The van der Waals surface area contributed by atoms with Gasteiger partial charge in [-0.3, -0.25) is 0 Å². The molecule has 0 spiro atoms. The smallest absolute Gasteiger partial charge is 0.0804 e. The molecule has 0 saturated heterocycles. The molecule has 0 bridgehead atoms. The molecule has 0 aromatic rings. The van der Waals surface area contributed by atoms with Crippen LogP contribution in [0.15, 0.2) is 0 Å². The van der Waals surface area contributed by atoms with Crippen LogP contribution < -0.4 is 5.73 Å². The van der Waals surface area contributed by atoms with E-state index in [4.69, 9.17) is 10.5 Å². The maximum Gasteiger partial charge on any atom is 0.0804 e. The number of ether oxygens (including phenoxy) is 1. The van der Waals surface area contributed by atoms with E-state index in [0.29, 0.717) is 12.0 Å². The molecule has 0 radical (unpaired) electrons. The lowest BCUT2D eigenvalue weighted by atomic mass is 9.77. The molecule has 2 N–H and O–H groups in total. The van der Waals surface area contributed by atoms with Gasteiger partial charge in [0.25, 0.3) is 0 Å². The van der Waals surface area contributed by atoms with Crippen LogP contribution in [0.25, 0.3) is 0 Å². The number of rotatable bonds is 6. The van der Waals surface area contributed by atoms with Gasteiger partial charge < -0.3 is 10.5 Å². The van der Waals surface area contributed by atoms with E-state index >= 15 is 0 Å². The fraction of sp³-hybridized carbons (Fsp3) is 1.00. The summed E-state index contributed by atoms with van der Waals surface area (Å²) < 4.78 is 6.18. The molecule has 1 saturated carbocycles. The van der Waals surface area contributed by atoms with Gasteiger partial charge in [-0.2, -0.15) is 0 Å². The maximum atomic E-state index is 6.18. The highest BCUT2D eigenvalue weighted by atomic mass is 16.5. The Morgan fingerprint density at radius 2 is 1.83 bits per heavy atom. The predicted octanol–water partition coefficient (Wildman–Crippen LogP) is 4.13. The molecule has 0 amide bonds. The molecule has 0 aliphatic heterocycles. The zero-order valence-corrected chi connectivity index (χ0v) is 12.9. The lowest BCUT2D eigenvalue weighted by Crippen LogP contribution is -2.44. The van der Waals surface area contributed by atoms with Crippen molar-refractivity contribution >= 4 is 0 Å². The van der Waals surface area contributed by atoms with Gasteiger partial charge in [-0.05, 0) is 49.9 Å². The first-order chi connectivity index (χ1) is 8.41. The number of nitrogens with two attached hydrogens (primary N) is 1. The highest BCUT2D eigenvalue weighted by Crippen LogP contribution is 2.36. The highest BCUT2D eigenvalue weighted by molar-refractivity contribution is 4.88. The van der Waals surface area contributed by atoms with Crippen molar-refractivity contribution in [3.05, 3.63) is 0 Å². The van der Waals surface area contributed by atoms with E-state index in [-0.39, 0.29) is 5.60 Å². The van der Waals surface area contributed by atoms with E-state index in [1.165, 1.54) is 25.7 Å². The molecule has 2 nitrogen and oxygen atoms in total. The molecule has 0 aromatic heterocycles. The number of hydrogen-bond acceptors (Lipinski definition) is 2. The lowest BCUT2D eigenvalue weighted by molar-refractivity contribution is -0.0739. The van der Waals surface area contributed by atoms with Crippen molar-refractivity contribution in [1.29, 1.82) is 0 Å². The third-order valence-corrected chi connectivity index (χ3v) is 4.45. The van der Waals surface area contributed by atoms with E-state index in [2.05, 4.69) is 27.7 Å². The minimum atomic E-state index is 0.00353. The van der Waals surface area contributed by atoms with Gasteiger partial charge in [0.05, 0.1) is 5.60 Å². The van der Waals surface area contributed by atoms with Crippen LogP contribution in [0.1, 0.15) is 72.6 Å². The van der Waals surface area contributed by atoms with Crippen LogP contribution in [0.2, 0.25) is 0 Å². The van der Waals surface area contributed by atoms with Crippen molar-refractivity contribution in [1.82, 2.24) is 0 Å². The molecule has 1 fully saturated rings. The Morgan fingerprint density at radius 1 is 1.22 bits per heavy atom. The van der Waals surface area contributed by atoms with Crippen molar-refractivity contribution in [3.8, 4) is 0 Å². The van der Waals surface area contributed by atoms with Gasteiger partial charge in [0.2, 0.25) is 0 Å². The topological polar surface area (TPSA) is 35.2 Å². The largest absolute Gasteiger partial charge is 0.374 e. The summed E-state index contributed by atoms with van der Waals surface area (Å²) in [6.07, 6.45) is 8.62. The summed E-state index contributed by atoms with van der Waals surface area (Å²) in [5, 5.41) is 0. The van der Waals surface area contributed by atoms with Crippen LogP contribution in [-0.4, -0.2) is 18.8 Å². The van der Waals surface area contributed by atoms with Gasteiger partial charge in [0, 0.05) is 13.2 Å². The highest BCUT2D eigenvalue weighted by Gasteiger charge is 2.34. The second kappa shape index (κ2) is 6.91. The molecule has 0 heterocycles. The monoisotopic (exact) mass is 255 g/mol. The van der Waals surface area contributed by atoms with Crippen LogP contribution in [0, 0.1) is 11.3 Å². The van der Waals surface area contributed by atoms with Crippen LogP contribution in [0.3, 0.4) is 0 Å². The standard InChI is InChI=1S/C16H33NO/c1-5-14-7-10-16(13-17,11-8-14)18-12-6-9-15(2,3)4/h14H,5-13,17H2,1-4H3. The lowest BCUT2D eigenvalue weighted by Gasteiger charge is -2.39. The second-order valence-corrected chi connectivity index (χ2v) is 7.25. The first-order valence-electron chi connectivity index (χ1n) is 7.75. The normalized spacial score (nSPS) is 29.5. The second-order valence-electron chi connectivity index (χ2n) is 7.25. The minimum absolute atomic E-state index is 0.00353. The SMILES string of the molecule is CCC1CCC(CN)(OCCCC(C)(C)C)CC1. The Kier molecular flexibility index (Phi) is 6.13. The molecule has 0 atom stereocenters. The summed E-state index contributed by atoms with van der Waals surface area (Å²) in [4.78, 5) is 0. The molecule has 108 valence electrons. The first kappa shape index (κ1) is 16.0. The Labute approximate surface area is 114 Å². The quantitative estimate of drug-likeness (QED) is 0.724. The van der Waals surface area contributed by atoms with Crippen molar-refractivity contribution < 1.29 is 4.74 Å². The van der Waals surface area contributed by atoms with E-state index < -0.39 is 0 Å². The Bertz CT molecular complexity index is 224. The Balaban J connectivity index is 2.29. The summed E-state index contributed by atoms with van der Waals surface area (Å²) in [6, 6.07) is 0. The average Bonchev–Trinajstić information content (AvgIpc) is 2.34. The third-order valence-electron chi connectivity index (χ3n) is 4.45. The third kappa shape index (κ3) is 5.27. The van der Waals surface area contributed by atoms with Crippen LogP contribution in [0.4, 0.5) is 0 Å². The Morgan fingerprint density at radius 3 is 2.28 bits per heavy atom. The molecule has 1 rings (SSSR count). The van der Waals surface area contributed by atoms with E-state index in [9.17, 15) is 0 Å². The van der Waals surface area contributed by atoms with Gasteiger partial charge in [-0.25, -0.2) is 0 Å². The van der Waals surface area contributed by atoms with E-state index in [1.807, 2.05) is 0 Å². The van der Waals surface area contributed by atoms with E-state index in [1.54, 1.807) is 0 Å². The van der Waals surface area contributed by atoms with Gasteiger partial charge in [-0.1, -0.05) is 34.1 Å². The van der Waals surface area contributed by atoms with Crippen molar-refractivity contribution in [2.24, 2.45) is 17.1 Å². The molecular weight excluding hydrogens is 222 g/mol. The molecule has 0 aromatic carbocycles. The van der Waals surface area contributed by atoms with Gasteiger partial charge in [-0.15, -0.1) is 0 Å². The molecule has 2 heteroatoms. The summed E-state index contributed by atoms with van der Waals surface area (Å²) in [6.45, 7) is 10.7. The average molecular weight is 255 g/mol. The van der Waals surface area contributed by atoms with E-state index in [0.717, 1.165) is 31.8 Å². The molecule has 18 heavy (non-hydrogen) atoms. The van der Waals surface area contributed by atoms with Gasteiger partial charge in [0.15, 0.2) is 0 Å². The first-order valence-corrected chi connectivity index (χ1v) is 7.75. The van der Waals surface area contributed by atoms with Crippen molar-refractivity contribution in [2.45, 2.75) is 78.2 Å². The summed E-state index contributed by atoms with van der Waals surface area (Å²) in [5.41, 5.74) is 6.39. The maximum absolute atomic E-state index is 6.18. The van der Waals surface area contributed by atoms with Gasteiger partial charge >= 0.3 is 0 Å². The summed E-state index contributed by atoms with van der Waals surface area (Å²) >= 11 is 0. The van der Waals surface area contributed by atoms with Crippen molar-refractivity contribution in [2.75, 3.05) is 13.2 Å². The van der Waals surface area contributed by atoms with Gasteiger partial charge in [0.1, 0.15) is 0 Å². The zero-order valence-electron chi connectivity index (χ0n) is 12.9. The predicted molar refractivity (Wildman–Crippen MR) is 78.7 cm³/mol. The minimum Gasteiger partial charge on any atom is -0.374 e. The molecule has 1 aliphatic carbocycles. The Hall–Kier alpha value is -0.0800. The van der Waals surface area contributed by atoms with Crippen LogP contribution in [0.5, 0.6) is 0 Å². The van der Waals surface area contributed by atoms with Crippen LogP contribution in [-0.2, 0) is 4.74 Å². The fourth-order valence-corrected chi connectivity index (χ4v) is 2.91. The summed E-state index contributed by atoms with van der Waals surface area (Å²) in [7, 11) is 0. The fourth-order valence-electron chi connectivity index (χ4n) is 2.91. The number of hydrogen-bond donors (Lipinski definition) is 1. The summed E-state index contributed by atoms with van der Waals surface area (Å²) in [5.74, 6) is 0.905. The van der Waals surface area contributed by atoms with Crippen LogP contribution >= 0.6 is 0 Å².